The lowest BCUT2D eigenvalue weighted by molar-refractivity contribution is 0.534. The van der Waals surface area contributed by atoms with Crippen LogP contribution >= 0.6 is 0 Å². The minimum absolute atomic E-state index is 0.329. The standard InChI is InChI=1S/C30H21NO2/c32-30-27(23-16-8-3-9-17-23)26(22-14-6-2-7-15-22)28-24-18-10-11-19-25(24)31(29(28)33-30)20-21-12-4-1-5-13-21/h1-19H,20H2. The third kappa shape index (κ3) is 3.26. The molecule has 2 heterocycles. The summed E-state index contributed by atoms with van der Waals surface area (Å²) in [6.45, 7) is 0.618. The summed E-state index contributed by atoms with van der Waals surface area (Å²) in [5.74, 6) is 0. The van der Waals surface area contributed by atoms with Gasteiger partial charge >= 0.3 is 5.63 Å². The highest BCUT2D eigenvalue weighted by Crippen LogP contribution is 2.41. The zero-order valence-corrected chi connectivity index (χ0v) is 17.9. The molecule has 3 nitrogen and oxygen atoms in total. The molecule has 4 aromatic carbocycles. The maximum Gasteiger partial charge on any atom is 0.346 e. The van der Waals surface area contributed by atoms with Gasteiger partial charge < -0.3 is 8.98 Å². The van der Waals surface area contributed by atoms with Crippen molar-refractivity contribution in [2.45, 2.75) is 6.54 Å². The zero-order valence-electron chi connectivity index (χ0n) is 17.9. The first-order valence-electron chi connectivity index (χ1n) is 11.0. The molecule has 0 aliphatic heterocycles. The normalized spacial score (nSPS) is 11.3. The molecule has 0 unspecified atom stereocenters. The van der Waals surface area contributed by atoms with Crippen molar-refractivity contribution in [3.8, 4) is 22.3 Å². The SMILES string of the molecule is O=c1oc2c(c(-c3ccccc3)c1-c1ccccc1)c1ccccc1n2Cc1ccccc1. The van der Waals surface area contributed by atoms with E-state index >= 15 is 0 Å². The van der Waals surface area contributed by atoms with Gasteiger partial charge in [0.05, 0.1) is 23.0 Å². The van der Waals surface area contributed by atoms with E-state index in [1.165, 1.54) is 0 Å². The third-order valence-electron chi connectivity index (χ3n) is 6.13. The fourth-order valence-electron chi connectivity index (χ4n) is 4.68. The van der Waals surface area contributed by atoms with E-state index in [0.29, 0.717) is 17.8 Å². The van der Waals surface area contributed by atoms with Crippen molar-refractivity contribution in [1.29, 1.82) is 0 Å². The lowest BCUT2D eigenvalue weighted by Gasteiger charge is -2.12. The summed E-state index contributed by atoms with van der Waals surface area (Å²) in [5, 5.41) is 2.04. The molecular weight excluding hydrogens is 406 g/mol. The van der Waals surface area contributed by atoms with Gasteiger partial charge in [-0.2, -0.15) is 0 Å². The number of rotatable bonds is 4. The molecule has 0 N–H and O–H groups in total. The van der Waals surface area contributed by atoms with Crippen LogP contribution in [-0.2, 0) is 6.54 Å². The summed E-state index contributed by atoms with van der Waals surface area (Å²) in [7, 11) is 0. The molecule has 0 saturated heterocycles. The summed E-state index contributed by atoms with van der Waals surface area (Å²) in [5.41, 5.74) is 5.82. The summed E-state index contributed by atoms with van der Waals surface area (Å²) in [6, 6.07) is 38.4. The van der Waals surface area contributed by atoms with Gasteiger partial charge in [-0.3, -0.25) is 0 Å². The van der Waals surface area contributed by atoms with Gasteiger partial charge in [0.2, 0.25) is 5.71 Å². The summed E-state index contributed by atoms with van der Waals surface area (Å²) < 4.78 is 8.22. The topological polar surface area (TPSA) is 35.1 Å². The van der Waals surface area contributed by atoms with Gasteiger partial charge in [-0.15, -0.1) is 0 Å². The second kappa shape index (κ2) is 7.95. The van der Waals surface area contributed by atoms with Crippen LogP contribution in [-0.4, -0.2) is 4.57 Å². The van der Waals surface area contributed by atoms with E-state index < -0.39 is 0 Å². The fourth-order valence-corrected chi connectivity index (χ4v) is 4.68. The van der Waals surface area contributed by atoms with Crippen molar-refractivity contribution in [3.63, 3.8) is 0 Å². The molecule has 0 spiro atoms. The monoisotopic (exact) mass is 427 g/mol. The Kier molecular flexibility index (Phi) is 4.66. The Bertz CT molecular complexity index is 1630. The molecule has 3 heteroatoms. The maximum absolute atomic E-state index is 13.5. The van der Waals surface area contributed by atoms with Crippen molar-refractivity contribution in [3.05, 3.63) is 131 Å². The van der Waals surface area contributed by atoms with E-state index in [1.54, 1.807) is 0 Å². The zero-order chi connectivity index (χ0) is 22.2. The second-order valence-corrected chi connectivity index (χ2v) is 8.14. The van der Waals surface area contributed by atoms with E-state index in [2.05, 4.69) is 41.0 Å². The first kappa shape index (κ1) is 19.3. The molecule has 0 saturated carbocycles. The Morgan fingerprint density at radius 3 is 1.82 bits per heavy atom. The quantitative estimate of drug-likeness (QED) is 0.300. The summed E-state index contributed by atoms with van der Waals surface area (Å²) >= 11 is 0. The number of hydrogen-bond acceptors (Lipinski definition) is 2. The van der Waals surface area contributed by atoms with Gasteiger partial charge in [-0.05, 0) is 22.8 Å². The molecule has 0 fully saturated rings. The van der Waals surface area contributed by atoms with Gasteiger partial charge in [0.1, 0.15) is 0 Å². The number of fused-ring (bicyclic) bond motifs is 3. The minimum atomic E-state index is -0.329. The van der Waals surface area contributed by atoms with E-state index in [-0.39, 0.29) is 5.63 Å². The van der Waals surface area contributed by atoms with Crippen LogP contribution in [0.3, 0.4) is 0 Å². The molecule has 0 bridgehead atoms. The number of para-hydroxylation sites is 1. The van der Waals surface area contributed by atoms with Crippen LogP contribution in [0.25, 0.3) is 44.3 Å². The Hall–Kier alpha value is -4.37. The molecule has 0 aliphatic rings. The van der Waals surface area contributed by atoms with Crippen LogP contribution in [0.15, 0.2) is 124 Å². The lowest BCUT2D eigenvalue weighted by Crippen LogP contribution is -2.08. The molecule has 0 atom stereocenters. The number of nitrogens with zero attached hydrogens (tertiary/aromatic N) is 1. The van der Waals surface area contributed by atoms with E-state index in [1.807, 2.05) is 78.9 Å². The van der Waals surface area contributed by atoms with Crippen molar-refractivity contribution in [2.75, 3.05) is 0 Å². The second-order valence-electron chi connectivity index (χ2n) is 8.14. The average Bonchev–Trinajstić information content (AvgIpc) is 3.18. The van der Waals surface area contributed by atoms with Crippen LogP contribution in [0.4, 0.5) is 0 Å². The van der Waals surface area contributed by atoms with Gasteiger partial charge in [0.15, 0.2) is 0 Å². The van der Waals surface area contributed by atoms with Crippen LogP contribution in [0.2, 0.25) is 0 Å². The summed E-state index contributed by atoms with van der Waals surface area (Å²) in [4.78, 5) is 13.5. The van der Waals surface area contributed by atoms with Crippen molar-refractivity contribution in [2.24, 2.45) is 0 Å². The van der Waals surface area contributed by atoms with Crippen molar-refractivity contribution < 1.29 is 4.42 Å². The Labute approximate surface area is 191 Å². The predicted octanol–water partition coefficient (Wildman–Crippen LogP) is 7.13. The number of aromatic nitrogens is 1. The predicted molar refractivity (Wildman–Crippen MR) is 134 cm³/mol. The fraction of sp³-hybridized carbons (Fsp3) is 0.0333. The molecule has 0 radical (unpaired) electrons. The van der Waals surface area contributed by atoms with Gasteiger partial charge in [0.25, 0.3) is 0 Å². The van der Waals surface area contributed by atoms with Gasteiger partial charge in [0, 0.05) is 10.9 Å². The van der Waals surface area contributed by atoms with E-state index in [9.17, 15) is 4.79 Å². The molecule has 158 valence electrons. The third-order valence-corrected chi connectivity index (χ3v) is 6.13. The molecule has 0 amide bonds. The van der Waals surface area contributed by atoms with E-state index in [4.69, 9.17) is 4.42 Å². The maximum atomic E-state index is 13.5. The van der Waals surface area contributed by atoms with Gasteiger partial charge in [-0.25, -0.2) is 4.79 Å². The Morgan fingerprint density at radius 1 is 0.606 bits per heavy atom. The van der Waals surface area contributed by atoms with E-state index in [0.717, 1.165) is 38.5 Å². The number of benzene rings is 4. The Balaban J connectivity index is 1.78. The number of hydrogen-bond donors (Lipinski definition) is 0. The van der Waals surface area contributed by atoms with Crippen LogP contribution in [0.1, 0.15) is 5.56 Å². The first-order valence-corrected chi connectivity index (χ1v) is 11.0. The largest absolute Gasteiger partial charge is 0.405 e. The molecule has 0 aliphatic carbocycles. The highest BCUT2D eigenvalue weighted by atomic mass is 16.4. The molecular formula is C30H21NO2. The van der Waals surface area contributed by atoms with Crippen LogP contribution in [0, 0.1) is 0 Å². The summed E-state index contributed by atoms with van der Waals surface area (Å²) in [6.07, 6.45) is 0. The molecule has 6 rings (SSSR count). The molecule has 33 heavy (non-hydrogen) atoms. The van der Waals surface area contributed by atoms with Crippen LogP contribution in [0.5, 0.6) is 0 Å². The minimum Gasteiger partial charge on any atom is -0.405 e. The van der Waals surface area contributed by atoms with Crippen molar-refractivity contribution >= 4 is 22.0 Å². The van der Waals surface area contributed by atoms with Gasteiger partial charge in [-0.1, -0.05) is 109 Å². The highest BCUT2D eigenvalue weighted by molar-refractivity contribution is 6.15. The van der Waals surface area contributed by atoms with Crippen LogP contribution < -0.4 is 5.63 Å². The average molecular weight is 428 g/mol. The van der Waals surface area contributed by atoms with Crippen molar-refractivity contribution in [1.82, 2.24) is 4.57 Å². The Morgan fingerprint density at radius 2 is 1.15 bits per heavy atom. The molecule has 6 aromatic rings. The molecule has 2 aromatic heterocycles. The highest BCUT2D eigenvalue weighted by Gasteiger charge is 2.23. The lowest BCUT2D eigenvalue weighted by atomic mass is 9.93. The first-order chi connectivity index (χ1) is 16.3. The smallest absolute Gasteiger partial charge is 0.346 e.